The zero-order chi connectivity index (χ0) is 12.3. The maximum Gasteiger partial charge on any atom is 0.274 e. The summed E-state index contributed by atoms with van der Waals surface area (Å²) in [5, 5.41) is 15.0. The predicted octanol–water partition coefficient (Wildman–Crippen LogP) is -1.40. The highest BCUT2D eigenvalue weighted by Crippen LogP contribution is 2.09. The van der Waals surface area contributed by atoms with E-state index in [1.165, 1.54) is 17.0 Å². The summed E-state index contributed by atoms with van der Waals surface area (Å²) in [4.78, 5) is 24.4. The number of amides is 1. The van der Waals surface area contributed by atoms with Crippen molar-refractivity contribution in [2.24, 2.45) is 0 Å². The predicted molar refractivity (Wildman–Crippen MR) is 57.6 cm³/mol. The van der Waals surface area contributed by atoms with E-state index in [0.29, 0.717) is 19.8 Å². The van der Waals surface area contributed by atoms with Crippen LogP contribution in [-0.4, -0.2) is 58.5 Å². The van der Waals surface area contributed by atoms with E-state index in [0.717, 1.165) is 0 Å². The molecule has 1 amide bonds. The molecule has 1 aromatic rings. The summed E-state index contributed by atoms with van der Waals surface area (Å²) in [5.41, 5.74) is -0.202. The summed E-state index contributed by atoms with van der Waals surface area (Å²) in [7, 11) is 0. The summed E-state index contributed by atoms with van der Waals surface area (Å²) in [5.74, 6) is -0.316. The number of aliphatic hydroxyl groups excluding tert-OH is 1. The molecule has 1 aliphatic rings. The fourth-order valence-electron chi connectivity index (χ4n) is 1.68. The standard InChI is InChI=1S/C10H13N3O4/c14-5-7-6-17-4-3-13(7)10(16)8-1-2-9(15)12-11-8/h1-2,7,14H,3-6H2,(H,12,15). The van der Waals surface area contributed by atoms with Crippen LogP contribution in [0.4, 0.5) is 0 Å². The molecule has 0 bridgehead atoms. The Balaban J connectivity index is 2.18. The molecule has 0 aromatic carbocycles. The van der Waals surface area contributed by atoms with Gasteiger partial charge in [0.05, 0.1) is 25.9 Å². The van der Waals surface area contributed by atoms with E-state index >= 15 is 0 Å². The summed E-state index contributed by atoms with van der Waals surface area (Å²) in [6, 6.07) is 2.25. The second-order valence-corrected chi connectivity index (χ2v) is 3.72. The van der Waals surface area contributed by atoms with Gasteiger partial charge < -0.3 is 14.7 Å². The fourth-order valence-corrected chi connectivity index (χ4v) is 1.68. The molecule has 1 atom stereocenters. The molecule has 1 aromatic heterocycles. The SMILES string of the molecule is O=C(c1ccc(=O)[nH]n1)N1CCOCC1CO. The number of H-pyrrole nitrogens is 1. The lowest BCUT2D eigenvalue weighted by atomic mass is 10.2. The Morgan fingerprint density at radius 3 is 3.12 bits per heavy atom. The van der Waals surface area contributed by atoms with Gasteiger partial charge in [-0.3, -0.25) is 9.59 Å². The third-order valence-corrected chi connectivity index (χ3v) is 2.60. The fraction of sp³-hybridized carbons (Fsp3) is 0.500. The van der Waals surface area contributed by atoms with Gasteiger partial charge in [0.15, 0.2) is 0 Å². The number of aromatic nitrogens is 2. The van der Waals surface area contributed by atoms with Crippen molar-refractivity contribution in [3.63, 3.8) is 0 Å². The molecule has 1 unspecified atom stereocenters. The molecule has 17 heavy (non-hydrogen) atoms. The first kappa shape index (κ1) is 11.7. The molecular weight excluding hydrogens is 226 g/mol. The molecule has 2 N–H and O–H groups in total. The van der Waals surface area contributed by atoms with Crippen LogP contribution in [0.25, 0.3) is 0 Å². The molecular formula is C10H13N3O4. The zero-order valence-corrected chi connectivity index (χ0v) is 9.13. The molecule has 0 saturated carbocycles. The van der Waals surface area contributed by atoms with Crippen LogP contribution in [-0.2, 0) is 4.74 Å². The maximum atomic E-state index is 12.1. The summed E-state index contributed by atoms with van der Waals surface area (Å²) in [6.07, 6.45) is 0. The summed E-state index contributed by atoms with van der Waals surface area (Å²) in [6.45, 7) is 0.997. The average molecular weight is 239 g/mol. The summed E-state index contributed by atoms with van der Waals surface area (Å²) >= 11 is 0. The van der Waals surface area contributed by atoms with E-state index < -0.39 is 0 Å². The van der Waals surface area contributed by atoms with Crippen LogP contribution >= 0.6 is 0 Å². The first-order chi connectivity index (χ1) is 8.22. The zero-order valence-electron chi connectivity index (χ0n) is 9.13. The van der Waals surface area contributed by atoms with E-state index in [-0.39, 0.29) is 29.8 Å². The molecule has 1 saturated heterocycles. The number of carbonyl (C=O) groups excluding carboxylic acids is 1. The van der Waals surface area contributed by atoms with Crippen LogP contribution < -0.4 is 5.56 Å². The minimum atomic E-state index is -0.359. The lowest BCUT2D eigenvalue weighted by Gasteiger charge is -2.34. The Labute approximate surface area is 97.0 Å². The molecule has 7 heteroatoms. The molecule has 2 heterocycles. The van der Waals surface area contributed by atoms with Crippen LogP contribution in [0.3, 0.4) is 0 Å². The van der Waals surface area contributed by atoms with Crippen LogP contribution in [0.1, 0.15) is 10.5 Å². The van der Waals surface area contributed by atoms with Gasteiger partial charge in [0.2, 0.25) is 0 Å². The average Bonchev–Trinajstić information content (AvgIpc) is 2.39. The van der Waals surface area contributed by atoms with Crippen molar-refractivity contribution >= 4 is 5.91 Å². The number of aliphatic hydroxyl groups is 1. The monoisotopic (exact) mass is 239 g/mol. The van der Waals surface area contributed by atoms with Gasteiger partial charge in [0.25, 0.3) is 11.5 Å². The van der Waals surface area contributed by atoms with Crippen molar-refractivity contribution in [2.75, 3.05) is 26.4 Å². The van der Waals surface area contributed by atoms with Crippen LogP contribution in [0.15, 0.2) is 16.9 Å². The molecule has 0 spiro atoms. The largest absolute Gasteiger partial charge is 0.394 e. The van der Waals surface area contributed by atoms with Crippen molar-refractivity contribution in [1.82, 2.24) is 15.1 Å². The van der Waals surface area contributed by atoms with E-state index in [2.05, 4.69) is 10.2 Å². The third kappa shape index (κ3) is 2.51. The van der Waals surface area contributed by atoms with Gasteiger partial charge in [0.1, 0.15) is 5.69 Å². The minimum Gasteiger partial charge on any atom is -0.394 e. The maximum absolute atomic E-state index is 12.1. The molecule has 0 radical (unpaired) electrons. The molecule has 1 aliphatic heterocycles. The Morgan fingerprint density at radius 2 is 2.47 bits per heavy atom. The van der Waals surface area contributed by atoms with Crippen molar-refractivity contribution in [3.05, 3.63) is 28.2 Å². The number of morpholine rings is 1. The van der Waals surface area contributed by atoms with Crippen LogP contribution in [0, 0.1) is 0 Å². The molecule has 2 rings (SSSR count). The molecule has 7 nitrogen and oxygen atoms in total. The lowest BCUT2D eigenvalue weighted by molar-refractivity contribution is -0.0187. The normalized spacial score (nSPS) is 20.3. The number of hydrogen-bond donors (Lipinski definition) is 2. The van der Waals surface area contributed by atoms with Crippen molar-refractivity contribution in [1.29, 1.82) is 0 Å². The van der Waals surface area contributed by atoms with E-state index in [9.17, 15) is 9.59 Å². The Morgan fingerprint density at radius 1 is 1.65 bits per heavy atom. The lowest BCUT2D eigenvalue weighted by Crippen LogP contribution is -2.50. The number of rotatable bonds is 2. The topological polar surface area (TPSA) is 95.5 Å². The minimum absolute atomic E-state index is 0.157. The Hall–Kier alpha value is -1.73. The second kappa shape index (κ2) is 5.07. The highest BCUT2D eigenvalue weighted by Gasteiger charge is 2.28. The van der Waals surface area contributed by atoms with Crippen molar-refractivity contribution in [3.8, 4) is 0 Å². The number of aromatic amines is 1. The Kier molecular flexibility index (Phi) is 3.50. The van der Waals surface area contributed by atoms with Crippen molar-refractivity contribution < 1.29 is 14.6 Å². The van der Waals surface area contributed by atoms with Crippen LogP contribution in [0.2, 0.25) is 0 Å². The van der Waals surface area contributed by atoms with Crippen molar-refractivity contribution in [2.45, 2.75) is 6.04 Å². The van der Waals surface area contributed by atoms with E-state index in [4.69, 9.17) is 9.84 Å². The highest BCUT2D eigenvalue weighted by molar-refractivity contribution is 5.92. The highest BCUT2D eigenvalue weighted by atomic mass is 16.5. The quantitative estimate of drug-likeness (QED) is 0.662. The first-order valence-corrected chi connectivity index (χ1v) is 5.27. The van der Waals surface area contributed by atoms with E-state index in [1.54, 1.807) is 0 Å². The number of nitrogens with zero attached hydrogens (tertiary/aromatic N) is 2. The van der Waals surface area contributed by atoms with E-state index in [1.807, 2.05) is 0 Å². The second-order valence-electron chi connectivity index (χ2n) is 3.72. The van der Waals surface area contributed by atoms with Gasteiger partial charge >= 0.3 is 0 Å². The smallest absolute Gasteiger partial charge is 0.274 e. The van der Waals surface area contributed by atoms with Gasteiger partial charge in [-0.15, -0.1) is 0 Å². The first-order valence-electron chi connectivity index (χ1n) is 5.27. The van der Waals surface area contributed by atoms with Crippen LogP contribution in [0.5, 0.6) is 0 Å². The molecule has 0 aliphatic carbocycles. The number of ether oxygens (including phenoxy) is 1. The third-order valence-electron chi connectivity index (χ3n) is 2.60. The van der Waals surface area contributed by atoms with Gasteiger partial charge in [-0.25, -0.2) is 5.10 Å². The molecule has 92 valence electrons. The van der Waals surface area contributed by atoms with Gasteiger partial charge in [-0.05, 0) is 6.07 Å². The Bertz CT molecular complexity index is 439. The van der Waals surface area contributed by atoms with Gasteiger partial charge in [-0.1, -0.05) is 0 Å². The molecule has 1 fully saturated rings. The van der Waals surface area contributed by atoms with Gasteiger partial charge in [-0.2, -0.15) is 5.10 Å². The van der Waals surface area contributed by atoms with Gasteiger partial charge in [0, 0.05) is 12.6 Å². The number of carbonyl (C=O) groups is 1. The number of hydrogen-bond acceptors (Lipinski definition) is 5. The summed E-state index contributed by atoms with van der Waals surface area (Å²) < 4.78 is 5.18. The number of nitrogens with one attached hydrogen (secondary N) is 1.